The van der Waals surface area contributed by atoms with Crippen LogP contribution in [0, 0.1) is 6.92 Å². The topological polar surface area (TPSA) is 64.3 Å². The van der Waals surface area contributed by atoms with Crippen molar-refractivity contribution in [1.82, 2.24) is 5.32 Å². The maximum atomic E-state index is 11.5. The third-order valence-corrected chi connectivity index (χ3v) is 2.98. The van der Waals surface area contributed by atoms with Crippen LogP contribution in [0.5, 0.6) is 5.75 Å². The van der Waals surface area contributed by atoms with Gasteiger partial charge in [0.25, 0.3) is 0 Å². The van der Waals surface area contributed by atoms with Gasteiger partial charge in [0, 0.05) is 0 Å². The Kier molecular flexibility index (Phi) is 4.99. The van der Waals surface area contributed by atoms with Gasteiger partial charge in [-0.3, -0.25) is 4.79 Å². The van der Waals surface area contributed by atoms with Crippen molar-refractivity contribution < 1.29 is 9.53 Å². The van der Waals surface area contributed by atoms with E-state index in [0.717, 1.165) is 24.2 Å². The minimum atomic E-state index is -0.595. The normalized spacial score (nSPS) is 15.4. The molecule has 0 spiro atoms. The zero-order chi connectivity index (χ0) is 12.3. The van der Waals surface area contributed by atoms with Gasteiger partial charge >= 0.3 is 0 Å². The second kappa shape index (κ2) is 6.07. The van der Waals surface area contributed by atoms with E-state index in [9.17, 15) is 4.79 Å². The van der Waals surface area contributed by atoms with E-state index in [1.165, 1.54) is 0 Å². The summed E-state index contributed by atoms with van der Waals surface area (Å²) in [4.78, 5) is 11.5. The molecular formula is C13H19ClN2O2. The van der Waals surface area contributed by atoms with E-state index in [-0.39, 0.29) is 18.3 Å². The number of hydrogen-bond acceptors (Lipinski definition) is 3. The maximum Gasteiger partial charge on any atom is 0.240 e. The molecule has 0 aromatic heterocycles. The largest absolute Gasteiger partial charge is 0.491 e. The molecule has 0 radical (unpaired) electrons. The predicted molar refractivity (Wildman–Crippen MR) is 73.1 cm³/mol. The molecule has 1 saturated carbocycles. The monoisotopic (exact) mass is 270 g/mol. The van der Waals surface area contributed by atoms with Crippen molar-refractivity contribution in [3.05, 3.63) is 29.8 Å². The highest BCUT2D eigenvalue weighted by atomic mass is 35.5. The Bertz CT molecular complexity index is 419. The van der Waals surface area contributed by atoms with E-state index < -0.39 is 5.54 Å². The molecule has 3 N–H and O–H groups in total. The minimum absolute atomic E-state index is 0. The summed E-state index contributed by atoms with van der Waals surface area (Å²) in [6.07, 6.45) is 1.58. The fourth-order valence-electron chi connectivity index (χ4n) is 1.58. The van der Waals surface area contributed by atoms with Gasteiger partial charge in [0.2, 0.25) is 5.91 Å². The minimum Gasteiger partial charge on any atom is -0.491 e. The second-order valence-electron chi connectivity index (χ2n) is 4.53. The first-order chi connectivity index (χ1) is 8.12. The molecule has 2 rings (SSSR count). The number of ether oxygens (including phenoxy) is 1. The van der Waals surface area contributed by atoms with Gasteiger partial charge in [-0.25, -0.2) is 0 Å². The van der Waals surface area contributed by atoms with Crippen molar-refractivity contribution in [2.24, 2.45) is 5.73 Å². The number of nitrogens with one attached hydrogen (secondary N) is 1. The number of para-hydroxylation sites is 1. The molecule has 1 aliphatic rings. The maximum absolute atomic E-state index is 11.5. The number of nitrogens with two attached hydrogens (primary N) is 1. The highest BCUT2D eigenvalue weighted by Gasteiger charge is 2.45. The first-order valence-electron chi connectivity index (χ1n) is 5.87. The van der Waals surface area contributed by atoms with E-state index in [1.807, 2.05) is 31.2 Å². The van der Waals surface area contributed by atoms with Crippen LogP contribution in [-0.2, 0) is 4.79 Å². The lowest BCUT2D eigenvalue weighted by molar-refractivity contribution is -0.123. The zero-order valence-corrected chi connectivity index (χ0v) is 11.3. The first kappa shape index (κ1) is 14.8. The van der Waals surface area contributed by atoms with Crippen LogP contribution in [-0.4, -0.2) is 24.6 Å². The van der Waals surface area contributed by atoms with Crippen molar-refractivity contribution in [2.45, 2.75) is 25.3 Å². The van der Waals surface area contributed by atoms with Gasteiger partial charge in [0.05, 0.1) is 12.1 Å². The van der Waals surface area contributed by atoms with Crippen molar-refractivity contribution in [3.8, 4) is 5.75 Å². The summed E-state index contributed by atoms with van der Waals surface area (Å²) >= 11 is 0. The highest BCUT2D eigenvalue weighted by Crippen LogP contribution is 2.31. The molecule has 0 saturated heterocycles. The molecule has 1 fully saturated rings. The average molecular weight is 271 g/mol. The highest BCUT2D eigenvalue weighted by molar-refractivity contribution is 5.88. The Balaban J connectivity index is 0.00000162. The van der Waals surface area contributed by atoms with E-state index in [2.05, 4.69) is 5.32 Å². The van der Waals surface area contributed by atoms with Crippen molar-refractivity contribution >= 4 is 18.3 Å². The van der Waals surface area contributed by atoms with E-state index in [1.54, 1.807) is 0 Å². The van der Waals surface area contributed by atoms with E-state index in [0.29, 0.717) is 13.2 Å². The van der Waals surface area contributed by atoms with Gasteiger partial charge in [-0.05, 0) is 31.4 Å². The standard InChI is InChI=1S/C13H18N2O2.ClH/c1-10-4-2-3-5-11(10)17-9-8-15-12(16)13(14)6-7-13;/h2-5H,6-9,14H2,1H3,(H,15,16);1H. The quantitative estimate of drug-likeness (QED) is 0.795. The number of aryl methyl sites for hydroxylation is 1. The van der Waals surface area contributed by atoms with Crippen LogP contribution in [0.3, 0.4) is 0 Å². The van der Waals surface area contributed by atoms with Gasteiger partial charge in [0.1, 0.15) is 12.4 Å². The second-order valence-corrected chi connectivity index (χ2v) is 4.53. The van der Waals surface area contributed by atoms with Gasteiger partial charge in [-0.15, -0.1) is 12.4 Å². The van der Waals surface area contributed by atoms with Crippen molar-refractivity contribution in [1.29, 1.82) is 0 Å². The number of carbonyl (C=O) groups is 1. The smallest absolute Gasteiger partial charge is 0.240 e. The molecule has 0 atom stereocenters. The average Bonchev–Trinajstić information content (AvgIpc) is 3.06. The molecule has 4 nitrogen and oxygen atoms in total. The summed E-state index contributed by atoms with van der Waals surface area (Å²) in [6, 6.07) is 7.81. The Morgan fingerprint density at radius 3 is 2.72 bits per heavy atom. The van der Waals surface area contributed by atoms with Crippen LogP contribution < -0.4 is 15.8 Å². The van der Waals surface area contributed by atoms with E-state index in [4.69, 9.17) is 10.5 Å². The van der Waals surface area contributed by atoms with Crippen LogP contribution in [0.1, 0.15) is 18.4 Å². The Morgan fingerprint density at radius 1 is 1.44 bits per heavy atom. The Labute approximate surface area is 113 Å². The zero-order valence-electron chi connectivity index (χ0n) is 10.4. The number of amides is 1. The van der Waals surface area contributed by atoms with Crippen LogP contribution in [0.15, 0.2) is 24.3 Å². The molecule has 1 aromatic rings. The molecular weight excluding hydrogens is 252 g/mol. The summed E-state index contributed by atoms with van der Waals surface area (Å²) in [5.74, 6) is 0.793. The molecule has 1 amide bonds. The van der Waals surface area contributed by atoms with Crippen LogP contribution in [0.2, 0.25) is 0 Å². The Morgan fingerprint density at radius 2 is 2.11 bits per heavy atom. The molecule has 100 valence electrons. The lowest BCUT2D eigenvalue weighted by Gasteiger charge is -2.11. The molecule has 0 heterocycles. The molecule has 5 heteroatoms. The van der Waals surface area contributed by atoms with E-state index >= 15 is 0 Å². The number of benzene rings is 1. The summed E-state index contributed by atoms with van der Waals surface area (Å²) in [5, 5.41) is 2.79. The fourth-order valence-corrected chi connectivity index (χ4v) is 1.58. The van der Waals surface area contributed by atoms with Gasteiger partial charge in [0.15, 0.2) is 0 Å². The van der Waals surface area contributed by atoms with Crippen molar-refractivity contribution in [3.63, 3.8) is 0 Å². The molecule has 0 aliphatic heterocycles. The van der Waals surface area contributed by atoms with Crippen molar-refractivity contribution in [2.75, 3.05) is 13.2 Å². The summed E-state index contributed by atoms with van der Waals surface area (Å²) in [7, 11) is 0. The summed E-state index contributed by atoms with van der Waals surface area (Å²) < 4.78 is 5.56. The van der Waals surface area contributed by atoms with Crippen LogP contribution in [0.4, 0.5) is 0 Å². The number of halogens is 1. The third kappa shape index (κ3) is 3.62. The first-order valence-corrected chi connectivity index (χ1v) is 5.87. The summed E-state index contributed by atoms with van der Waals surface area (Å²) in [6.45, 7) is 2.95. The van der Waals surface area contributed by atoms with Gasteiger partial charge in [-0.2, -0.15) is 0 Å². The number of hydrogen-bond donors (Lipinski definition) is 2. The lowest BCUT2D eigenvalue weighted by Crippen LogP contribution is -2.44. The predicted octanol–water partition coefficient (Wildman–Crippen LogP) is 1.40. The molecule has 0 unspecified atom stereocenters. The van der Waals surface area contributed by atoms with Gasteiger partial charge < -0.3 is 15.8 Å². The van der Waals surface area contributed by atoms with Crippen LogP contribution >= 0.6 is 12.4 Å². The Hall–Kier alpha value is -1.26. The summed E-state index contributed by atoms with van der Waals surface area (Å²) in [5.41, 5.74) is 6.25. The third-order valence-electron chi connectivity index (χ3n) is 2.98. The molecule has 1 aromatic carbocycles. The molecule has 1 aliphatic carbocycles. The fraction of sp³-hybridized carbons (Fsp3) is 0.462. The van der Waals surface area contributed by atoms with Crippen LogP contribution in [0.25, 0.3) is 0 Å². The molecule has 18 heavy (non-hydrogen) atoms. The number of rotatable bonds is 5. The van der Waals surface area contributed by atoms with Gasteiger partial charge in [-0.1, -0.05) is 18.2 Å². The SMILES string of the molecule is Cc1ccccc1OCCNC(=O)C1(N)CC1.Cl. The number of carbonyl (C=O) groups excluding carboxylic acids is 1. The lowest BCUT2D eigenvalue weighted by atomic mass is 10.2. The molecule has 0 bridgehead atoms.